The molecule has 0 bridgehead atoms. The van der Waals surface area contributed by atoms with Crippen molar-refractivity contribution in [2.45, 2.75) is 0 Å². The lowest BCUT2D eigenvalue weighted by atomic mass is 10.1. The molecule has 0 saturated carbocycles. The maximum atomic E-state index is 11.5. The van der Waals surface area contributed by atoms with Crippen molar-refractivity contribution in [3.63, 3.8) is 0 Å². The normalized spacial score (nSPS) is 10.1. The summed E-state index contributed by atoms with van der Waals surface area (Å²) in [6.07, 6.45) is 1.61. The van der Waals surface area contributed by atoms with E-state index in [4.69, 9.17) is 9.84 Å². The highest BCUT2D eigenvalue weighted by molar-refractivity contribution is 5.96. The second kappa shape index (κ2) is 6.56. The average Bonchev–Trinajstić information content (AvgIpc) is 2.50. The molecular weight excluding hydrogens is 274 g/mol. The maximum absolute atomic E-state index is 11.5. The largest absolute Gasteiger partial charge is 0.496 e. The number of carbonyl (C=O) groups is 2. The number of carboxylic acid groups (broad SMARTS) is 1. The Morgan fingerprint density at radius 1 is 1.24 bits per heavy atom. The fourth-order valence-corrected chi connectivity index (χ4v) is 1.90. The molecule has 0 unspecified atom stereocenters. The number of aliphatic carboxylic acids is 1. The van der Waals surface area contributed by atoms with Crippen LogP contribution in [0.15, 0.2) is 30.5 Å². The molecule has 7 heteroatoms. The molecule has 0 aliphatic rings. The summed E-state index contributed by atoms with van der Waals surface area (Å²) in [5, 5.41) is 15.3. The van der Waals surface area contributed by atoms with Gasteiger partial charge in [-0.25, -0.2) is 4.98 Å². The molecule has 0 saturated heterocycles. The Balaban J connectivity index is 2.12. The number of hydrogen-bond acceptors (Lipinski definition) is 5. The Morgan fingerprint density at radius 2 is 2.05 bits per heavy atom. The van der Waals surface area contributed by atoms with Crippen molar-refractivity contribution in [3.8, 4) is 5.75 Å². The molecule has 7 nitrogen and oxygen atoms in total. The predicted octanol–water partition coefficient (Wildman–Crippen LogP) is 0.856. The summed E-state index contributed by atoms with van der Waals surface area (Å²) in [5.74, 6) is -0.249. The Bertz CT molecular complexity index is 672. The van der Waals surface area contributed by atoms with Crippen LogP contribution in [0.4, 0.5) is 5.82 Å². The highest BCUT2D eigenvalue weighted by atomic mass is 16.5. The number of hydrogen-bond donors (Lipinski definition) is 3. The zero-order chi connectivity index (χ0) is 15.2. The number of pyridine rings is 1. The third kappa shape index (κ3) is 3.59. The molecule has 2 aromatic rings. The zero-order valence-electron chi connectivity index (χ0n) is 11.4. The van der Waals surface area contributed by atoms with Crippen LogP contribution in [-0.4, -0.2) is 42.2 Å². The molecule has 1 heterocycles. The van der Waals surface area contributed by atoms with Gasteiger partial charge in [0.05, 0.1) is 13.7 Å². The van der Waals surface area contributed by atoms with Crippen LogP contribution in [0.5, 0.6) is 5.75 Å². The summed E-state index contributed by atoms with van der Waals surface area (Å²) >= 11 is 0. The topological polar surface area (TPSA) is 101 Å². The summed E-state index contributed by atoms with van der Waals surface area (Å²) in [6.45, 7) is -0.464. The van der Waals surface area contributed by atoms with Crippen LogP contribution in [0.1, 0.15) is 0 Å². The van der Waals surface area contributed by atoms with Gasteiger partial charge in [-0.05, 0) is 12.1 Å². The molecule has 0 radical (unpaired) electrons. The number of rotatable bonds is 6. The van der Waals surface area contributed by atoms with Gasteiger partial charge in [0.2, 0.25) is 5.91 Å². The molecule has 0 fully saturated rings. The highest BCUT2D eigenvalue weighted by Gasteiger charge is 2.08. The summed E-state index contributed by atoms with van der Waals surface area (Å²) in [5.41, 5.74) is 0. The van der Waals surface area contributed by atoms with Crippen molar-refractivity contribution >= 4 is 28.5 Å². The smallest absolute Gasteiger partial charge is 0.322 e. The Hall–Kier alpha value is -2.83. The van der Waals surface area contributed by atoms with Crippen LogP contribution in [0.3, 0.4) is 0 Å². The summed E-state index contributed by atoms with van der Waals surface area (Å²) in [6, 6.07) is 7.36. The fourth-order valence-electron chi connectivity index (χ4n) is 1.90. The molecule has 1 amide bonds. The summed E-state index contributed by atoms with van der Waals surface area (Å²) in [7, 11) is 1.58. The number of amides is 1. The minimum Gasteiger partial charge on any atom is -0.496 e. The number of methoxy groups -OCH3 is 1. The van der Waals surface area contributed by atoms with Crippen molar-refractivity contribution < 1.29 is 19.4 Å². The van der Waals surface area contributed by atoms with Crippen molar-refractivity contribution in [3.05, 3.63) is 30.5 Å². The SMILES string of the molecule is COc1cccc2c(NCC(=O)NCC(=O)O)nccc12. The maximum Gasteiger partial charge on any atom is 0.322 e. The van der Waals surface area contributed by atoms with Crippen LogP contribution in [-0.2, 0) is 9.59 Å². The van der Waals surface area contributed by atoms with Gasteiger partial charge in [0, 0.05) is 17.0 Å². The molecule has 2 rings (SSSR count). The first-order valence-electron chi connectivity index (χ1n) is 6.26. The summed E-state index contributed by atoms with van der Waals surface area (Å²) in [4.78, 5) is 26.0. The van der Waals surface area contributed by atoms with Gasteiger partial charge >= 0.3 is 5.97 Å². The van der Waals surface area contributed by atoms with Gasteiger partial charge in [-0.1, -0.05) is 12.1 Å². The lowest BCUT2D eigenvalue weighted by molar-refractivity contribution is -0.137. The standard InChI is InChI=1S/C14H15N3O4/c1-21-11-4-2-3-10-9(11)5-6-15-14(10)17-7-12(18)16-8-13(19)20/h2-6H,7-8H2,1H3,(H,15,17)(H,16,18)(H,19,20). The number of fused-ring (bicyclic) bond motifs is 1. The van der Waals surface area contributed by atoms with Gasteiger partial charge in [-0.3, -0.25) is 9.59 Å². The molecule has 110 valence electrons. The molecule has 0 atom stereocenters. The molecule has 3 N–H and O–H groups in total. The number of carbonyl (C=O) groups excluding carboxylic acids is 1. The van der Waals surface area contributed by atoms with Crippen molar-refractivity contribution in [1.82, 2.24) is 10.3 Å². The Kier molecular flexibility index (Phi) is 4.55. The lowest BCUT2D eigenvalue weighted by Crippen LogP contribution is -2.34. The molecule has 0 aliphatic carbocycles. The van der Waals surface area contributed by atoms with E-state index in [1.807, 2.05) is 24.3 Å². The first-order chi connectivity index (χ1) is 10.1. The second-order valence-corrected chi connectivity index (χ2v) is 4.24. The van der Waals surface area contributed by atoms with E-state index in [-0.39, 0.29) is 6.54 Å². The summed E-state index contributed by atoms with van der Waals surface area (Å²) < 4.78 is 5.27. The van der Waals surface area contributed by atoms with Crippen molar-refractivity contribution in [2.75, 3.05) is 25.5 Å². The number of nitrogens with one attached hydrogen (secondary N) is 2. The monoisotopic (exact) mass is 289 g/mol. The number of anilines is 1. The van der Waals surface area contributed by atoms with Gasteiger partial charge in [0.25, 0.3) is 0 Å². The van der Waals surface area contributed by atoms with Gasteiger partial charge < -0.3 is 20.5 Å². The first kappa shape index (κ1) is 14.6. The van der Waals surface area contributed by atoms with E-state index in [1.54, 1.807) is 13.3 Å². The van der Waals surface area contributed by atoms with Crippen LogP contribution in [0.25, 0.3) is 10.8 Å². The zero-order valence-corrected chi connectivity index (χ0v) is 11.4. The third-order valence-corrected chi connectivity index (χ3v) is 2.84. The van der Waals surface area contributed by atoms with E-state index in [1.165, 1.54) is 0 Å². The van der Waals surface area contributed by atoms with Gasteiger partial charge in [-0.15, -0.1) is 0 Å². The van der Waals surface area contributed by atoms with Crippen molar-refractivity contribution in [2.24, 2.45) is 0 Å². The van der Waals surface area contributed by atoms with Crippen LogP contribution < -0.4 is 15.4 Å². The number of benzene rings is 1. The molecule has 0 aliphatic heterocycles. The molecule has 1 aromatic carbocycles. The number of ether oxygens (including phenoxy) is 1. The van der Waals surface area contributed by atoms with Crippen LogP contribution in [0.2, 0.25) is 0 Å². The molecule has 0 spiro atoms. The van der Waals surface area contributed by atoms with Gasteiger partial charge in [0.1, 0.15) is 18.1 Å². The highest BCUT2D eigenvalue weighted by Crippen LogP contribution is 2.28. The van der Waals surface area contributed by atoms with E-state index in [2.05, 4.69) is 15.6 Å². The first-order valence-corrected chi connectivity index (χ1v) is 6.26. The lowest BCUT2D eigenvalue weighted by Gasteiger charge is -2.10. The van der Waals surface area contributed by atoms with Crippen LogP contribution in [0, 0.1) is 0 Å². The van der Waals surface area contributed by atoms with E-state index in [0.29, 0.717) is 11.6 Å². The molecule has 21 heavy (non-hydrogen) atoms. The van der Waals surface area contributed by atoms with Crippen LogP contribution >= 0.6 is 0 Å². The molecular formula is C14H15N3O4. The fraction of sp³-hybridized carbons (Fsp3) is 0.214. The number of aromatic nitrogens is 1. The Labute approximate surface area is 120 Å². The predicted molar refractivity (Wildman–Crippen MR) is 77.4 cm³/mol. The number of carboxylic acids is 1. The van der Waals surface area contributed by atoms with Crippen molar-refractivity contribution in [1.29, 1.82) is 0 Å². The molecule has 1 aromatic heterocycles. The minimum absolute atomic E-state index is 0.0589. The Morgan fingerprint density at radius 3 is 2.76 bits per heavy atom. The van der Waals surface area contributed by atoms with E-state index in [9.17, 15) is 9.59 Å². The van der Waals surface area contributed by atoms with E-state index in [0.717, 1.165) is 10.8 Å². The van der Waals surface area contributed by atoms with Gasteiger partial charge in [-0.2, -0.15) is 0 Å². The minimum atomic E-state index is -1.09. The van der Waals surface area contributed by atoms with Gasteiger partial charge in [0.15, 0.2) is 0 Å². The third-order valence-electron chi connectivity index (χ3n) is 2.84. The van der Waals surface area contributed by atoms with E-state index < -0.39 is 18.4 Å². The second-order valence-electron chi connectivity index (χ2n) is 4.24. The average molecular weight is 289 g/mol. The quantitative estimate of drug-likeness (QED) is 0.729. The van der Waals surface area contributed by atoms with E-state index >= 15 is 0 Å². The number of nitrogens with zero attached hydrogens (tertiary/aromatic N) is 1.